The lowest BCUT2D eigenvalue weighted by atomic mass is 10.3. The molecule has 0 radical (unpaired) electrons. The quantitative estimate of drug-likeness (QED) is 0.410. The summed E-state index contributed by atoms with van der Waals surface area (Å²) in [5, 5.41) is 0.923. The molecule has 2 aromatic carbocycles. The highest BCUT2D eigenvalue weighted by Crippen LogP contribution is 2.23. The molecular weight excluding hydrogens is 339 g/mol. The van der Waals surface area contributed by atoms with Crippen LogP contribution in [-0.4, -0.2) is 19.9 Å². The number of hydrogen-bond acceptors (Lipinski definition) is 3. The van der Waals surface area contributed by atoms with Crippen molar-refractivity contribution in [1.82, 2.24) is 19.9 Å². The highest BCUT2D eigenvalue weighted by Gasteiger charge is 2.06. The fourth-order valence-corrected chi connectivity index (χ4v) is 2.96. The van der Waals surface area contributed by atoms with Crippen molar-refractivity contribution in [3.8, 4) is 0 Å². The molecule has 2 aromatic heterocycles. The lowest BCUT2D eigenvalue weighted by Gasteiger charge is -1.93. The number of para-hydroxylation sites is 4. The van der Waals surface area contributed by atoms with Gasteiger partial charge in [-0.1, -0.05) is 36.0 Å². The predicted octanol–water partition coefficient (Wildman–Crippen LogP) is -2.26. The molecule has 0 saturated heterocycles. The molecule has 0 bridgehead atoms. The van der Waals surface area contributed by atoms with Gasteiger partial charge in [0.15, 0.2) is 5.16 Å². The highest BCUT2D eigenvalue weighted by atomic mass is 35.5. The summed E-state index contributed by atoms with van der Waals surface area (Å²) in [6.07, 6.45) is 0. The van der Waals surface area contributed by atoms with E-state index in [1.165, 1.54) is 0 Å². The molecule has 0 spiro atoms. The molecule has 4 aromatic rings. The molecule has 4 rings (SSSR count). The van der Waals surface area contributed by atoms with Crippen molar-refractivity contribution >= 4 is 33.8 Å². The van der Waals surface area contributed by atoms with Gasteiger partial charge in [-0.15, -0.1) is 0 Å². The largest absolute Gasteiger partial charge is 1.00 e. The zero-order valence-corrected chi connectivity index (χ0v) is 13.7. The highest BCUT2D eigenvalue weighted by molar-refractivity contribution is 7.98. The molecule has 0 aliphatic heterocycles. The summed E-state index contributed by atoms with van der Waals surface area (Å²) in [6.45, 7) is 0. The monoisotopic (exact) mass is 350 g/mol. The van der Waals surface area contributed by atoms with E-state index in [9.17, 15) is 0 Å². The number of halogens is 2. The van der Waals surface area contributed by atoms with Crippen LogP contribution in [0.25, 0.3) is 22.1 Å². The van der Waals surface area contributed by atoms with Crippen molar-refractivity contribution < 1.29 is 24.8 Å². The lowest BCUT2D eigenvalue weighted by Crippen LogP contribution is -3.00. The van der Waals surface area contributed by atoms with E-state index in [0.29, 0.717) is 0 Å². The number of nitrogens with zero attached hydrogens (tertiary/aromatic N) is 2. The molecular formula is C15H12Cl2N4S-2. The summed E-state index contributed by atoms with van der Waals surface area (Å²) in [6, 6.07) is 16.1. The van der Waals surface area contributed by atoms with Crippen LogP contribution < -0.4 is 24.8 Å². The molecule has 0 fully saturated rings. The molecule has 22 heavy (non-hydrogen) atoms. The fraction of sp³-hybridized carbons (Fsp3) is 0.0667. The van der Waals surface area contributed by atoms with Crippen molar-refractivity contribution in [3.63, 3.8) is 0 Å². The number of thioether (sulfide) groups is 1. The molecule has 2 N–H and O–H groups in total. The Morgan fingerprint density at radius 3 is 2.00 bits per heavy atom. The van der Waals surface area contributed by atoms with E-state index in [0.717, 1.165) is 38.8 Å². The molecule has 114 valence electrons. The Kier molecular flexibility index (Phi) is 5.34. The van der Waals surface area contributed by atoms with Crippen LogP contribution in [-0.2, 0) is 5.75 Å². The van der Waals surface area contributed by atoms with Crippen LogP contribution in [0.1, 0.15) is 5.82 Å². The maximum Gasteiger partial charge on any atom is 0.166 e. The van der Waals surface area contributed by atoms with E-state index in [1.807, 2.05) is 48.5 Å². The molecule has 0 aliphatic carbocycles. The Hall–Kier alpha value is -1.69. The smallest absolute Gasteiger partial charge is 0.166 e. The molecule has 0 unspecified atom stereocenters. The Morgan fingerprint density at radius 1 is 0.773 bits per heavy atom. The van der Waals surface area contributed by atoms with Crippen LogP contribution in [0.5, 0.6) is 0 Å². The Morgan fingerprint density at radius 2 is 1.36 bits per heavy atom. The minimum absolute atomic E-state index is 0. The van der Waals surface area contributed by atoms with Gasteiger partial charge < -0.3 is 34.8 Å². The second kappa shape index (κ2) is 7.05. The first kappa shape index (κ1) is 16.7. The third-order valence-corrected chi connectivity index (χ3v) is 4.04. The van der Waals surface area contributed by atoms with E-state index in [2.05, 4.69) is 19.9 Å². The number of aromatic amines is 2. The first-order valence-electron chi connectivity index (χ1n) is 6.40. The van der Waals surface area contributed by atoms with Gasteiger partial charge in [-0.2, -0.15) is 0 Å². The van der Waals surface area contributed by atoms with Crippen LogP contribution in [0.3, 0.4) is 0 Å². The zero-order valence-electron chi connectivity index (χ0n) is 11.4. The summed E-state index contributed by atoms with van der Waals surface area (Å²) in [7, 11) is 0. The van der Waals surface area contributed by atoms with Gasteiger partial charge in [0.05, 0.1) is 27.8 Å². The van der Waals surface area contributed by atoms with Gasteiger partial charge in [-0.25, -0.2) is 9.97 Å². The number of benzene rings is 2. The average Bonchev–Trinajstić information content (AvgIpc) is 3.07. The van der Waals surface area contributed by atoms with Crippen LogP contribution in [0.2, 0.25) is 0 Å². The standard InChI is InChI=1S/C15H12N4S.2ClH/c1-2-6-11-10(5-1)16-14(17-11)9-20-15-18-12-7-3-4-8-13(12)19-15;;/h1-8H,9H2,(H,16,17)(H,18,19);2*1H/p-2. The second-order valence-electron chi connectivity index (χ2n) is 4.55. The van der Waals surface area contributed by atoms with Crippen molar-refractivity contribution in [2.45, 2.75) is 10.9 Å². The predicted molar refractivity (Wildman–Crippen MR) is 81.7 cm³/mol. The normalized spacial score (nSPS) is 10.4. The summed E-state index contributed by atoms with van der Waals surface area (Å²) in [5.74, 6) is 1.74. The maximum absolute atomic E-state index is 4.56. The van der Waals surface area contributed by atoms with E-state index in [4.69, 9.17) is 0 Å². The number of hydrogen-bond donors (Lipinski definition) is 2. The minimum atomic E-state index is 0. The van der Waals surface area contributed by atoms with Gasteiger partial charge in [0.25, 0.3) is 0 Å². The first-order valence-corrected chi connectivity index (χ1v) is 7.38. The Labute approximate surface area is 144 Å². The van der Waals surface area contributed by atoms with E-state index in [1.54, 1.807) is 11.8 Å². The van der Waals surface area contributed by atoms with Crippen molar-refractivity contribution in [1.29, 1.82) is 0 Å². The van der Waals surface area contributed by atoms with Crippen molar-refractivity contribution in [2.24, 2.45) is 0 Å². The van der Waals surface area contributed by atoms with Gasteiger partial charge in [0, 0.05) is 0 Å². The van der Waals surface area contributed by atoms with Gasteiger partial charge in [0.1, 0.15) is 5.82 Å². The van der Waals surface area contributed by atoms with Crippen molar-refractivity contribution in [2.75, 3.05) is 0 Å². The molecule has 0 amide bonds. The number of fused-ring (bicyclic) bond motifs is 2. The number of aromatic nitrogens is 4. The minimum Gasteiger partial charge on any atom is -1.00 e. The first-order chi connectivity index (χ1) is 9.88. The van der Waals surface area contributed by atoms with Gasteiger partial charge in [0.2, 0.25) is 0 Å². The number of rotatable bonds is 3. The topological polar surface area (TPSA) is 57.4 Å². The van der Waals surface area contributed by atoms with E-state index >= 15 is 0 Å². The summed E-state index contributed by atoms with van der Waals surface area (Å²) < 4.78 is 0. The number of nitrogens with one attached hydrogen (secondary N) is 2. The zero-order chi connectivity index (χ0) is 13.4. The third kappa shape index (κ3) is 3.21. The van der Waals surface area contributed by atoms with Crippen LogP contribution in [0.4, 0.5) is 0 Å². The molecule has 7 heteroatoms. The van der Waals surface area contributed by atoms with Gasteiger partial charge in [-0.3, -0.25) is 0 Å². The molecule has 2 heterocycles. The maximum atomic E-state index is 4.56. The molecule has 0 atom stereocenters. The van der Waals surface area contributed by atoms with Crippen LogP contribution in [0.15, 0.2) is 53.7 Å². The second-order valence-corrected chi connectivity index (χ2v) is 5.51. The third-order valence-electron chi connectivity index (χ3n) is 3.15. The average molecular weight is 351 g/mol. The fourth-order valence-electron chi connectivity index (χ4n) is 2.21. The summed E-state index contributed by atoms with van der Waals surface area (Å²) in [4.78, 5) is 15.7. The van der Waals surface area contributed by atoms with Crippen LogP contribution >= 0.6 is 11.8 Å². The molecule has 0 aliphatic rings. The molecule has 4 nitrogen and oxygen atoms in total. The summed E-state index contributed by atoms with van der Waals surface area (Å²) >= 11 is 1.65. The van der Waals surface area contributed by atoms with E-state index in [-0.39, 0.29) is 24.8 Å². The number of imidazole rings is 2. The number of H-pyrrole nitrogens is 2. The van der Waals surface area contributed by atoms with Crippen molar-refractivity contribution in [3.05, 3.63) is 54.4 Å². The van der Waals surface area contributed by atoms with E-state index < -0.39 is 0 Å². The Bertz CT molecular complexity index is 747. The van der Waals surface area contributed by atoms with Crippen LogP contribution in [0, 0.1) is 0 Å². The SMILES string of the molecule is [Cl-].[Cl-].c1ccc2[nH]c(CSc3nc4ccccc4[nH]3)nc2c1. The molecule has 0 saturated carbocycles. The van der Waals surface area contributed by atoms with Gasteiger partial charge in [-0.05, 0) is 24.3 Å². The van der Waals surface area contributed by atoms with Gasteiger partial charge >= 0.3 is 0 Å². The Balaban J connectivity index is 0.000000882. The summed E-state index contributed by atoms with van der Waals surface area (Å²) in [5.41, 5.74) is 4.15. The lowest BCUT2D eigenvalue weighted by molar-refractivity contribution is -0.001000.